The van der Waals surface area contributed by atoms with Crippen LogP contribution in [0.25, 0.3) is 116 Å². The van der Waals surface area contributed by atoms with Crippen molar-refractivity contribution < 1.29 is 4.42 Å². The Morgan fingerprint density at radius 1 is 0.365 bits per heavy atom. The minimum Gasteiger partial charge on any atom is -0.456 e. The van der Waals surface area contributed by atoms with Gasteiger partial charge in [0.2, 0.25) is 0 Å². The molecule has 11 aromatic rings. The Bertz CT molecular complexity index is 3230. The van der Waals surface area contributed by atoms with E-state index in [0.29, 0.717) is 17.5 Å². The normalized spacial score (nSPS) is 12.2. The van der Waals surface area contributed by atoms with E-state index in [0.717, 1.165) is 55.3 Å². The maximum atomic E-state index is 6.50. The molecule has 1 aliphatic rings. The Balaban J connectivity index is 1.24. The summed E-state index contributed by atoms with van der Waals surface area (Å²) in [5.41, 5.74) is 10.3. The van der Waals surface area contributed by atoms with Gasteiger partial charge < -0.3 is 8.98 Å². The van der Waals surface area contributed by atoms with Crippen LogP contribution in [0.2, 0.25) is 0 Å². The molecule has 3 heterocycles. The quantitative estimate of drug-likeness (QED) is 0.188. The van der Waals surface area contributed by atoms with E-state index in [-0.39, 0.29) is 0 Å². The van der Waals surface area contributed by atoms with Gasteiger partial charge >= 0.3 is 0 Å². The van der Waals surface area contributed by atoms with Gasteiger partial charge in [-0.3, -0.25) is 0 Å². The molecule has 0 spiro atoms. The van der Waals surface area contributed by atoms with Crippen molar-refractivity contribution in [3.8, 4) is 51.0 Å². The molecule has 12 rings (SSSR count). The number of benzene rings is 8. The summed E-state index contributed by atoms with van der Waals surface area (Å²) in [7, 11) is 0. The first-order valence-corrected chi connectivity index (χ1v) is 17.5. The molecular formula is C47H26N4O. The predicted molar refractivity (Wildman–Crippen MR) is 212 cm³/mol. The van der Waals surface area contributed by atoms with E-state index in [1.54, 1.807) is 0 Å². The zero-order valence-electron chi connectivity index (χ0n) is 27.7. The first-order valence-electron chi connectivity index (χ1n) is 17.5. The fraction of sp³-hybridized carbons (Fsp3) is 0. The summed E-state index contributed by atoms with van der Waals surface area (Å²) in [6, 6.07) is 55.4. The van der Waals surface area contributed by atoms with Crippen LogP contribution < -0.4 is 0 Å². The van der Waals surface area contributed by atoms with Gasteiger partial charge in [0.05, 0.1) is 16.7 Å². The molecule has 0 amide bonds. The minimum atomic E-state index is 0.622. The van der Waals surface area contributed by atoms with E-state index < -0.39 is 0 Å². The lowest BCUT2D eigenvalue weighted by atomic mass is 9.98. The van der Waals surface area contributed by atoms with Gasteiger partial charge in [0.15, 0.2) is 17.5 Å². The van der Waals surface area contributed by atoms with Crippen LogP contribution >= 0.6 is 0 Å². The Labute approximate surface area is 297 Å². The van der Waals surface area contributed by atoms with Crippen LogP contribution in [0.15, 0.2) is 162 Å². The summed E-state index contributed by atoms with van der Waals surface area (Å²) in [5.74, 6) is 1.89. The van der Waals surface area contributed by atoms with Crippen LogP contribution in [0.5, 0.6) is 0 Å². The molecule has 1 aliphatic carbocycles. The third-order valence-corrected chi connectivity index (χ3v) is 10.7. The number of hydrogen-bond donors (Lipinski definition) is 0. The van der Waals surface area contributed by atoms with Gasteiger partial charge in [-0.2, -0.15) is 0 Å². The number of fused-ring (bicyclic) bond motifs is 2. The number of nitrogens with zero attached hydrogens (tertiary/aromatic N) is 4. The molecule has 0 bridgehead atoms. The van der Waals surface area contributed by atoms with E-state index >= 15 is 0 Å². The smallest absolute Gasteiger partial charge is 0.166 e. The molecule has 0 N–H and O–H groups in total. The second-order valence-electron chi connectivity index (χ2n) is 13.6. The van der Waals surface area contributed by atoms with Crippen LogP contribution in [0.4, 0.5) is 0 Å². The average molecular weight is 663 g/mol. The summed E-state index contributed by atoms with van der Waals surface area (Å²) in [6.45, 7) is 0. The molecule has 0 saturated heterocycles. The Morgan fingerprint density at radius 2 is 0.962 bits per heavy atom. The number of hydrogen-bond acceptors (Lipinski definition) is 4. The average Bonchev–Trinajstić information content (AvgIpc) is 3.73. The number of furan rings is 1. The van der Waals surface area contributed by atoms with Crippen molar-refractivity contribution in [2.75, 3.05) is 0 Å². The number of rotatable bonds is 4. The Hall–Kier alpha value is -7.11. The molecule has 8 aromatic carbocycles. The second kappa shape index (κ2) is 10.2. The molecule has 0 aliphatic heterocycles. The lowest BCUT2D eigenvalue weighted by Crippen LogP contribution is -2.04. The topological polar surface area (TPSA) is 56.7 Å². The molecule has 0 atom stereocenters. The third-order valence-electron chi connectivity index (χ3n) is 10.7. The second-order valence-corrected chi connectivity index (χ2v) is 13.6. The lowest BCUT2D eigenvalue weighted by Gasteiger charge is -2.16. The van der Waals surface area contributed by atoms with Crippen molar-refractivity contribution in [2.24, 2.45) is 0 Å². The Kier molecular flexibility index (Phi) is 5.44. The van der Waals surface area contributed by atoms with Gasteiger partial charge in [0.25, 0.3) is 0 Å². The van der Waals surface area contributed by atoms with Gasteiger partial charge in [-0.15, -0.1) is 0 Å². The molecule has 5 heteroatoms. The van der Waals surface area contributed by atoms with Crippen molar-refractivity contribution in [1.82, 2.24) is 19.5 Å². The van der Waals surface area contributed by atoms with Gasteiger partial charge in [-0.05, 0) is 63.7 Å². The highest BCUT2D eigenvalue weighted by molar-refractivity contribution is 6.37. The maximum absolute atomic E-state index is 6.50. The molecule has 0 unspecified atom stereocenters. The van der Waals surface area contributed by atoms with Gasteiger partial charge in [0, 0.05) is 43.6 Å². The van der Waals surface area contributed by atoms with Crippen molar-refractivity contribution in [3.63, 3.8) is 0 Å². The summed E-state index contributed by atoms with van der Waals surface area (Å²) in [5, 5.41) is 9.53. The highest BCUT2D eigenvalue weighted by Crippen LogP contribution is 2.51. The molecule has 0 radical (unpaired) electrons. The van der Waals surface area contributed by atoms with Gasteiger partial charge in [-0.1, -0.05) is 121 Å². The Morgan fingerprint density at radius 3 is 1.71 bits per heavy atom. The van der Waals surface area contributed by atoms with Crippen LogP contribution in [0, 0.1) is 0 Å². The molecule has 240 valence electrons. The maximum Gasteiger partial charge on any atom is 0.166 e. The molecule has 3 aromatic heterocycles. The monoisotopic (exact) mass is 662 g/mol. The fourth-order valence-electron chi connectivity index (χ4n) is 8.50. The van der Waals surface area contributed by atoms with Crippen LogP contribution in [-0.2, 0) is 0 Å². The molecular weight excluding hydrogens is 637 g/mol. The molecule has 0 saturated carbocycles. The van der Waals surface area contributed by atoms with E-state index in [9.17, 15) is 0 Å². The summed E-state index contributed by atoms with van der Waals surface area (Å²) < 4.78 is 8.92. The standard InChI is InChI=1S/C47H26N4O/c1-3-11-28(12-4-1)45-48-46(29-13-5-2-6-14-29)50-47(49-45)34-25-30-15-7-8-16-31(30)26-37(34)51-35-19-9-17-32-33-18-10-20-38-42(33)44-39(52-38)24-22-27-21-23-36(51)43(40(27)44)41(32)35/h1-26H. The largest absolute Gasteiger partial charge is 0.456 e. The van der Waals surface area contributed by atoms with Crippen molar-refractivity contribution in [3.05, 3.63) is 158 Å². The first-order chi connectivity index (χ1) is 25.8. The van der Waals surface area contributed by atoms with Gasteiger partial charge in [0.1, 0.15) is 11.2 Å². The predicted octanol–water partition coefficient (Wildman–Crippen LogP) is 12.2. The zero-order chi connectivity index (χ0) is 33.9. The highest BCUT2D eigenvalue weighted by atomic mass is 16.3. The van der Waals surface area contributed by atoms with Crippen molar-refractivity contribution in [1.29, 1.82) is 0 Å². The third kappa shape index (κ3) is 3.74. The van der Waals surface area contributed by atoms with Crippen molar-refractivity contribution in [2.45, 2.75) is 0 Å². The van der Waals surface area contributed by atoms with Gasteiger partial charge in [-0.25, -0.2) is 15.0 Å². The summed E-state index contributed by atoms with van der Waals surface area (Å²) in [4.78, 5) is 15.5. The minimum absolute atomic E-state index is 0.622. The molecule has 0 fully saturated rings. The van der Waals surface area contributed by atoms with E-state index in [2.05, 4.69) is 126 Å². The highest BCUT2D eigenvalue weighted by Gasteiger charge is 2.27. The molecule has 52 heavy (non-hydrogen) atoms. The zero-order valence-corrected chi connectivity index (χ0v) is 27.7. The van der Waals surface area contributed by atoms with Crippen molar-refractivity contribution >= 4 is 65.3 Å². The summed E-state index contributed by atoms with van der Waals surface area (Å²) >= 11 is 0. The van der Waals surface area contributed by atoms with E-state index in [1.807, 2.05) is 36.4 Å². The lowest BCUT2D eigenvalue weighted by molar-refractivity contribution is 0.669. The van der Waals surface area contributed by atoms with Crippen LogP contribution in [0.1, 0.15) is 0 Å². The van der Waals surface area contributed by atoms with Crippen LogP contribution in [0.3, 0.4) is 0 Å². The van der Waals surface area contributed by atoms with Crippen LogP contribution in [-0.4, -0.2) is 19.5 Å². The SMILES string of the molecule is c1ccc(-c2nc(-c3ccccc3)nc(-c3cc4ccccc4cc3-n3c4cccc5c4c4c6c(ccc7oc8cccc-5c8c76)ccc43)n2)cc1. The molecule has 5 nitrogen and oxygen atoms in total. The summed E-state index contributed by atoms with van der Waals surface area (Å²) in [6.07, 6.45) is 0. The fourth-order valence-corrected chi connectivity index (χ4v) is 8.50. The number of aromatic nitrogens is 4. The van der Waals surface area contributed by atoms with E-state index in [4.69, 9.17) is 19.4 Å². The first kappa shape index (κ1) is 27.7. The van der Waals surface area contributed by atoms with E-state index in [1.165, 1.54) is 43.4 Å².